The largest absolute Gasteiger partial charge is 0.295 e. The van der Waals surface area contributed by atoms with Gasteiger partial charge in [-0.1, -0.05) is 6.07 Å². The van der Waals surface area contributed by atoms with Gasteiger partial charge in [-0.15, -0.1) is 0 Å². The van der Waals surface area contributed by atoms with Crippen LogP contribution in [0.1, 0.15) is 18.2 Å². The predicted molar refractivity (Wildman–Crippen MR) is 124 cm³/mol. The molecular formula is C23H20FN5O3S. The second kappa shape index (κ2) is 8.83. The molecule has 2 N–H and O–H groups in total. The van der Waals surface area contributed by atoms with Crippen LogP contribution in [0.15, 0.2) is 87.6 Å². The Morgan fingerprint density at radius 3 is 2.39 bits per heavy atom. The average molecular weight is 466 g/mol. The van der Waals surface area contributed by atoms with E-state index in [1.165, 1.54) is 47.3 Å². The van der Waals surface area contributed by atoms with Crippen LogP contribution in [0.2, 0.25) is 0 Å². The number of nitrogens with zero attached hydrogens (tertiary/aromatic N) is 3. The highest BCUT2D eigenvalue weighted by atomic mass is 32.2. The Hall–Kier alpha value is -4.05. The minimum absolute atomic E-state index is 0.0567. The van der Waals surface area contributed by atoms with Gasteiger partial charge >= 0.3 is 0 Å². The number of aryl methyl sites for hydroxylation is 1. The van der Waals surface area contributed by atoms with Gasteiger partial charge in [-0.05, 0) is 74.5 Å². The topological polar surface area (TPSA) is 109 Å². The maximum absolute atomic E-state index is 13.2. The number of hydrogen-bond donors (Lipinski definition) is 2. The first-order valence-electron chi connectivity index (χ1n) is 9.92. The van der Waals surface area contributed by atoms with Crippen LogP contribution in [-0.2, 0) is 10.0 Å². The van der Waals surface area contributed by atoms with E-state index >= 15 is 0 Å². The van der Waals surface area contributed by atoms with E-state index in [0.29, 0.717) is 28.3 Å². The summed E-state index contributed by atoms with van der Waals surface area (Å²) in [5.74, 6) is -0.176. The summed E-state index contributed by atoms with van der Waals surface area (Å²) in [7, 11) is -3.80. The molecule has 168 valence electrons. The monoisotopic (exact) mass is 465 g/mol. The Morgan fingerprint density at radius 2 is 1.76 bits per heavy atom. The van der Waals surface area contributed by atoms with E-state index in [9.17, 15) is 17.6 Å². The third kappa shape index (κ3) is 4.75. The van der Waals surface area contributed by atoms with Crippen molar-refractivity contribution in [3.8, 4) is 5.69 Å². The lowest BCUT2D eigenvalue weighted by Gasteiger charge is -2.07. The van der Waals surface area contributed by atoms with Crippen LogP contribution >= 0.6 is 0 Å². The molecule has 4 rings (SSSR count). The highest BCUT2D eigenvalue weighted by Gasteiger charge is 2.17. The predicted octanol–water partition coefficient (Wildman–Crippen LogP) is 3.95. The van der Waals surface area contributed by atoms with Crippen molar-refractivity contribution in [2.24, 2.45) is 4.99 Å². The van der Waals surface area contributed by atoms with Crippen molar-refractivity contribution in [1.29, 1.82) is 0 Å². The minimum Gasteiger partial charge on any atom is -0.295 e. The van der Waals surface area contributed by atoms with Crippen molar-refractivity contribution in [3.05, 3.63) is 100 Å². The van der Waals surface area contributed by atoms with Gasteiger partial charge in [-0.3, -0.25) is 19.6 Å². The van der Waals surface area contributed by atoms with Gasteiger partial charge in [0.1, 0.15) is 11.6 Å². The fraction of sp³-hybridized carbons (Fsp3) is 0.0870. The molecule has 0 aliphatic heterocycles. The number of benzene rings is 2. The fourth-order valence-electron chi connectivity index (χ4n) is 3.31. The van der Waals surface area contributed by atoms with Gasteiger partial charge in [0.2, 0.25) is 0 Å². The lowest BCUT2D eigenvalue weighted by atomic mass is 10.1. The van der Waals surface area contributed by atoms with Gasteiger partial charge < -0.3 is 0 Å². The molecule has 0 aliphatic carbocycles. The molecule has 0 unspecified atom stereocenters. The minimum atomic E-state index is -3.80. The van der Waals surface area contributed by atoms with Crippen molar-refractivity contribution in [2.75, 3.05) is 4.72 Å². The Balaban J connectivity index is 1.60. The van der Waals surface area contributed by atoms with Crippen LogP contribution in [0.3, 0.4) is 0 Å². The number of aromatic amines is 1. The molecule has 4 aromatic rings. The lowest BCUT2D eigenvalue weighted by Crippen LogP contribution is -2.19. The number of anilines is 1. The van der Waals surface area contributed by atoms with Crippen LogP contribution in [0.25, 0.3) is 5.69 Å². The summed E-state index contributed by atoms with van der Waals surface area (Å²) in [6.07, 6.45) is 1.49. The Bertz CT molecular complexity index is 1470. The summed E-state index contributed by atoms with van der Waals surface area (Å²) < 4.78 is 42.0. The van der Waals surface area contributed by atoms with Gasteiger partial charge in [0.15, 0.2) is 0 Å². The molecule has 0 amide bonds. The molecule has 8 nitrogen and oxygen atoms in total. The molecule has 10 heteroatoms. The van der Waals surface area contributed by atoms with Gasteiger partial charge in [-0.2, -0.15) is 0 Å². The molecule has 0 aliphatic rings. The summed E-state index contributed by atoms with van der Waals surface area (Å²) in [5, 5.41) is 2.97. The number of nitrogens with one attached hydrogen (secondary N) is 2. The SMILES string of the molecule is CC(=Nc1ccc(S(=O)(=O)Nc2ccccn2)cc1)c1c(C)[nH]n(-c2ccc(F)cc2)c1=O. The highest BCUT2D eigenvalue weighted by molar-refractivity contribution is 7.92. The zero-order valence-corrected chi connectivity index (χ0v) is 18.6. The molecule has 2 aromatic carbocycles. The zero-order valence-electron chi connectivity index (χ0n) is 17.8. The molecule has 0 bridgehead atoms. The number of rotatable bonds is 6. The summed E-state index contributed by atoms with van der Waals surface area (Å²) in [6, 6.07) is 16.4. The maximum Gasteiger partial charge on any atom is 0.280 e. The van der Waals surface area contributed by atoms with E-state index in [2.05, 4.69) is 19.8 Å². The van der Waals surface area contributed by atoms with Crippen molar-refractivity contribution in [3.63, 3.8) is 0 Å². The van der Waals surface area contributed by atoms with Crippen LogP contribution in [0.5, 0.6) is 0 Å². The van der Waals surface area contributed by atoms with E-state index in [-0.39, 0.29) is 16.3 Å². The van der Waals surface area contributed by atoms with Crippen molar-refractivity contribution >= 4 is 27.2 Å². The molecule has 2 aromatic heterocycles. The van der Waals surface area contributed by atoms with Crippen LogP contribution in [-0.4, -0.2) is 28.9 Å². The first-order chi connectivity index (χ1) is 15.7. The smallest absolute Gasteiger partial charge is 0.280 e. The quantitative estimate of drug-likeness (QED) is 0.420. The molecule has 0 radical (unpaired) electrons. The molecule has 0 atom stereocenters. The van der Waals surface area contributed by atoms with Crippen molar-refractivity contribution in [2.45, 2.75) is 18.7 Å². The standard InChI is InChI=1S/C23H20FN5O3S/c1-15(22-16(2)27-29(23(22)30)19-10-6-17(24)7-11-19)26-18-8-12-20(13-9-18)33(31,32)28-21-5-3-4-14-25-21/h3-14,27H,1-2H3,(H,25,28). The first kappa shape index (κ1) is 22.2. The van der Waals surface area contributed by atoms with Crippen LogP contribution in [0, 0.1) is 12.7 Å². The fourth-order valence-corrected chi connectivity index (χ4v) is 4.32. The molecule has 0 saturated carbocycles. The number of H-pyrrole nitrogens is 1. The zero-order chi connectivity index (χ0) is 23.6. The van der Waals surface area contributed by atoms with E-state index in [1.54, 1.807) is 44.2 Å². The summed E-state index contributed by atoms with van der Waals surface area (Å²) >= 11 is 0. The van der Waals surface area contributed by atoms with Crippen molar-refractivity contribution in [1.82, 2.24) is 14.8 Å². The van der Waals surface area contributed by atoms with Gasteiger partial charge in [0.05, 0.1) is 27.5 Å². The third-order valence-electron chi connectivity index (χ3n) is 4.87. The van der Waals surface area contributed by atoms with E-state index < -0.39 is 15.8 Å². The Labute approximate surface area is 189 Å². The number of aliphatic imine (C=N–C) groups is 1. The van der Waals surface area contributed by atoms with Crippen molar-refractivity contribution < 1.29 is 12.8 Å². The van der Waals surface area contributed by atoms with Crippen LogP contribution < -0.4 is 10.3 Å². The number of pyridine rings is 1. The Kier molecular flexibility index (Phi) is 5.93. The second-order valence-electron chi connectivity index (χ2n) is 7.24. The molecule has 33 heavy (non-hydrogen) atoms. The summed E-state index contributed by atoms with van der Waals surface area (Å²) in [5.41, 5.74) is 2.10. The third-order valence-corrected chi connectivity index (χ3v) is 6.24. The maximum atomic E-state index is 13.2. The van der Waals surface area contributed by atoms with E-state index in [1.807, 2.05) is 0 Å². The molecule has 0 fully saturated rings. The normalized spacial score (nSPS) is 12.0. The van der Waals surface area contributed by atoms with Crippen LogP contribution in [0.4, 0.5) is 15.9 Å². The number of aromatic nitrogens is 3. The highest BCUT2D eigenvalue weighted by Crippen LogP contribution is 2.20. The van der Waals surface area contributed by atoms with Gasteiger partial charge in [0, 0.05) is 11.9 Å². The Morgan fingerprint density at radius 1 is 1.06 bits per heavy atom. The van der Waals surface area contributed by atoms with Gasteiger partial charge in [-0.25, -0.2) is 22.5 Å². The second-order valence-corrected chi connectivity index (χ2v) is 8.92. The lowest BCUT2D eigenvalue weighted by molar-refractivity contribution is 0.601. The number of hydrogen-bond acceptors (Lipinski definition) is 5. The number of halogens is 1. The number of sulfonamides is 1. The summed E-state index contributed by atoms with van der Waals surface area (Å²) in [6.45, 7) is 3.44. The molecule has 2 heterocycles. The average Bonchev–Trinajstić information content (AvgIpc) is 3.09. The van der Waals surface area contributed by atoms with E-state index in [0.717, 1.165) is 0 Å². The van der Waals surface area contributed by atoms with Gasteiger partial charge in [0.25, 0.3) is 15.6 Å². The molecular weight excluding hydrogens is 445 g/mol. The first-order valence-corrected chi connectivity index (χ1v) is 11.4. The van der Waals surface area contributed by atoms with E-state index in [4.69, 9.17) is 0 Å². The molecule has 0 saturated heterocycles. The summed E-state index contributed by atoms with van der Waals surface area (Å²) in [4.78, 5) is 21.4. The molecule has 0 spiro atoms.